The SMILES string of the molecule is B[n+]1cccc(CN2CCN(C[C@@H](O)C[C@@H](Cc3ccccc3)C(=O)N[C@H]3c4ccccc4C[C@H]3O)[C@H](C(=O)NC(C)(C)C)C2)c1. The van der Waals surface area contributed by atoms with Crippen molar-refractivity contribution in [2.75, 3.05) is 26.2 Å². The molecule has 0 unspecified atom stereocenters. The number of hydrogen-bond acceptors (Lipinski definition) is 6. The first kappa shape index (κ1) is 33.8. The van der Waals surface area contributed by atoms with E-state index in [1.807, 2.05) is 100 Å². The van der Waals surface area contributed by atoms with Crippen LogP contribution in [0.5, 0.6) is 0 Å². The van der Waals surface area contributed by atoms with Crippen LogP contribution in [0.4, 0.5) is 0 Å². The van der Waals surface area contributed by atoms with Crippen molar-refractivity contribution in [2.45, 2.75) is 76.4 Å². The third-order valence-electron chi connectivity index (χ3n) is 8.98. The Hall–Kier alpha value is -3.57. The van der Waals surface area contributed by atoms with Gasteiger partial charge in [0, 0.05) is 56.2 Å². The van der Waals surface area contributed by atoms with E-state index < -0.39 is 30.2 Å². The zero-order chi connectivity index (χ0) is 32.8. The monoisotopic (exact) mass is 626 g/mol. The molecule has 5 atom stereocenters. The number of aliphatic hydroxyl groups excluding tert-OH is 2. The summed E-state index contributed by atoms with van der Waals surface area (Å²) < 4.78 is 2.03. The normalized spacial score (nSPS) is 21.7. The van der Waals surface area contributed by atoms with Crippen molar-refractivity contribution < 1.29 is 24.3 Å². The minimum absolute atomic E-state index is 0.0597. The predicted octanol–water partition coefficient (Wildman–Crippen LogP) is 1.16. The fourth-order valence-electron chi connectivity index (χ4n) is 6.82. The van der Waals surface area contributed by atoms with Crippen LogP contribution in [0, 0.1) is 5.92 Å². The first-order valence-corrected chi connectivity index (χ1v) is 16.5. The number of carbonyl (C=O) groups excluding carboxylic acids is 2. The third kappa shape index (κ3) is 9.03. The summed E-state index contributed by atoms with van der Waals surface area (Å²) in [5.41, 5.74) is 3.78. The molecule has 2 aromatic carbocycles. The number of β-amino-alcohol motifs (C(OH)–C–C–N with tert-alkyl or cyclic N) is 1. The maximum atomic E-state index is 13.8. The molecule has 0 spiro atoms. The number of pyridine rings is 1. The van der Waals surface area contributed by atoms with Crippen molar-refractivity contribution in [3.05, 3.63) is 101 Å². The summed E-state index contributed by atoms with van der Waals surface area (Å²) in [4.78, 5) is 31.8. The fraction of sp³-hybridized carbons (Fsp3) is 0.472. The van der Waals surface area contributed by atoms with Gasteiger partial charge < -0.3 is 20.8 Å². The quantitative estimate of drug-likeness (QED) is 0.238. The van der Waals surface area contributed by atoms with E-state index >= 15 is 0 Å². The lowest BCUT2D eigenvalue weighted by Gasteiger charge is -2.42. The topological polar surface area (TPSA) is 109 Å². The van der Waals surface area contributed by atoms with Crippen LogP contribution in [0.25, 0.3) is 0 Å². The van der Waals surface area contributed by atoms with Gasteiger partial charge in [-0.05, 0) is 62.4 Å². The third-order valence-corrected chi connectivity index (χ3v) is 8.98. The number of aliphatic hydroxyl groups is 2. The Labute approximate surface area is 274 Å². The average Bonchev–Trinajstić information content (AvgIpc) is 3.31. The molecular weight excluding hydrogens is 577 g/mol. The van der Waals surface area contributed by atoms with Gasteiger partial charge in [-0.15, -0.1) is 0 Å². The van der Waals surface area contributed by atoms with E-state index in [1.165, 1.54) is 5.56 Å². The summed E-state index contributed by atoms with van der Waals surface area (Å²) >= 11 is 0. The number of aromatic nitrogens is 1. The number of hydrogen-bond donors (Lipinski definition) is 4. The summed E-state index contributed by atoms with van der Waals surface area (Å²) in [5.74, 6) is -0.763. The van der Waals surface area contributed by atoms with E-state index in [-0.39, 0.29) is 30.3 Å². The average molecular weight is 627 g/mol. The Morgan fingerprint density at radius 2 is 1.74 bits per heavy atom. The molecule has 46 heavy (non-hydrogen) atoms. The second-order valence-corrected chi connectivity index (χ2v) is 14.1. The van der Waals surface area contributed by atoms with Gasteiger partial charge in [0.2, 0.25) is 11.8 Å². The number of piperazine rings is 1. The number of benzene rings is 2. The van der Waals surface area contributed by atoms with E-state index in [0.29, 0.717) is 25.9 Å². The molecule has 2 heterocycles. The van der Waals surface area contributed by atoms with E-state index in [9.17, 15) is 19.8 Å². The van der Waals surface area contributed by atoms with Crippen LogP contribution in [0.2, 0.25) is 0 Å². The Morgan fingerprint density at radius 3 is 2.48 bits per heavy atom. The molecule has 2 amide bonds. The lowest BCUT2D eigenvalue weighted by molar-refractivity contribution is -0.522. The summed E-state index contributed by atoms with van der Waals surface area (Å²) in [5, 5.41) is 28.6. The highest BCUT2D eigenvalue weighted by Gasteiger charge is 2.37. The highest BCUT2D eigenvalue weighted by atomic mass is 16.3. The van der Waals surface area contributed by atoms with Gasteiger partial charge in [0.05, 0.1) is 18.2 Å². The van der Waals surface area contributed by atoms with E-state index in [2.05, 4.69) is 32.7 Å². The maximum Gasteiger partial charge on any atom is 0.455 e. The molecule has 1 aliphatic heterocycles. The van der Waals surface area contributed by atoms with Gasteiger partial charge in [0.25, 0.3) is 0 Å². The number of amides is 2. The van der Waals surface area contributed by atoms with Gasteiger partial charge in [-0.2, -0.15) is 0 Å². The number of fused-ring (bicyclic) bond motifs is 1. The number of nitrogens with one attached hydrogen (secondary N) is 2. The summed E-state index contributed by atoms with van der Waals surface area (Å²) in [7, 11) is 2.00. The van der Waals surface area contributed by atoms with Crippen LogP contribution >= 0.6 is 0 Å². The molecule has 3 aromatic rings. The highest BCUT2D eigenvalue weighted by Crippen LogP contribution is 2.32. The molecule has 2 aliphatic rings. The lowest BCUT2D eigenvalue weighted by atomic mass is 9.91. The van der Waals surface area contributed by atoms with E-state index in [4.69, 9.17) is 0 Å². The number of carbonyl (C=O) groups is 2. The molecule has 0 saturated carbocycles. The van der Waals surface area contributed by atoms with Crippen LogP contribution in [-0.4, -0.2) is 89.8 Å². The molecule has 0 bridgehead atoms. The van der Waals surface area contributed by atoms with Crippen LogP contribution in [0.3, 0.4) is 0 Å². The molecule has 244 valence electrons. The zero-order valence-corrected chi connectivity index (χ0v) is 27.6. The van der Waals surface area contributed by atoms with Crippen molar-refractivity contribution in [2.24, 2.45) is 5.92 Å². The Morgan fingerprint density at radius 1 is 1.02 bits per heavy atom. The summed E-state index contributed by atoms with van der Waals surface area (Å²) in [6, 6.07) is 20.8. The minimum Gasteiger partial charge on any atom is -0.392 e. The van der Waals surface area contributed by atoms with E-state index in [0.717, 1.165) is 29.8 Å². The zero-order valence-electron chi connectivity index (χ0n) is 27.6. The second-order valence-electron chi connectivity index (χ2n) is 14.1. The van der Waals surface area contributed by atoms with Crippen molar-refractivity contribution >= 4 is 19.8 Å². The van der Waals surface area contributed by atoms with Gasteiger partial charge in [0.1, 0.15) is 18.4 Å². The van der Waals surface area contributed by atoms with Gasteiger partial charge >= 0.3 is 7.98 Å². The molecule has 5 rings (SSSR count). The molecule has 1 fully saturated rings. The molecule has 1 saturated heterocycles. The van der Waals surface area contributed by atoms with Gasteiger partial charge in [-0.25, -0.2) is 0 Å². The van der Waals surface area contributed by atoms with Crippen LogP contribution in [-0.2, 0) is 29.0 Å². The lowest BCUT2D eigenvalue weighted by Crippen LogP contribution is -2.62. The minimum atomic E-state index is -0.829. The maximum absolute atomic E-state index is 13.8. The second kappa shape index (κ2) is 14.9. The molecule has 4 N–H and O–H groups in total. The Bertz CT molecular complexity index is 1480. The number of nitrogens with zero attached hydrogens (tertiary/aromatic N) is 3. The van der Waals surface area contributed by atoms with Crippen molar-refractivity contribution in [3.63, 3.8) is 0 Å². The number of rotatable bonds is 11. The largest absolute Gasteiger partial charge is 0.455 e. The van der Waals surface area contributed by atoms with E-state index in [1.54, 1.807) is 0 Å². The van der Waals surface area contributed by atoms with Crippen molar-refractivity contribution in [1.29, 1.82) is 0 Å². The molecule has 1 aromatic heterocycles. The Kier molecular flexibility index (Phi) is 10.9. The first-order valence-electron chi connectivity index (χ1n) is 16.5. The van der Waals surface area contributed by atoms with Crippen LogP contribution in [0.15, 0.2) is 79.1 Å². The predicted molar refractivity (Wildman–Crippen MR) is 180 cm³/mol. The molecule has 9 nitrogen and oxygen atoms in total. The molecule has 10 heteroatoms. The molecule has 0 radical (unpaired) electrons. The Balaban J connectivity index is 1.29. The van der Waals surface area contributed by atoms with Crippen LogP contribution < -0.4 is 15.1 Å². The van der Waals surface area contributed by atoms with Gasteiger partial charge in [0.15, 0.2) is 0 Å². The van der Waals surface area contributed by atoms with Gasteiger partial charge in [-0.3, -0.25) is 23.9 Å². The van der Waals surface area contributed by atoms with Crippen molar-refractivity contribution in [3.8, 4) is 0 Å². The van der Waals surface area contributed by atoms with Crippen molar-refractivity contribution in [1.82, 2.24) is 20.4 Å². The van der Waals surface area contributed by atoms with Crippen LogP contribution in [0.1, 0.15) is 55.5 Å². The summed E-state index contributed by atoms with van der Waals surface area (Å²) in [6.45, 7) is 8.86. The highest BCUT2D eigenvalue weighted by molar-refractivity contribution is 5.94. The molecular formula is C36H49BN5O4+. The first-order chi connectivity index (χ1) is 21.9. The smallest absolute Gasteiger partial charge is 0.392 e. The molecule has 1 aliphatic carbocycles. The standard InChI is InChI=1S/C36H48BN5O4/c1-36(2,3)39-35(46)31-24-40(21-26-12-9-15-42(37)22-26)16-17-41(31)23-29(43)19-28(18-25-10-5-4-6-11-25)34(45)38-33-30-14-8-7-13-27(30)20-32(33)44/h4-15,22,28-29,31-33,43-44H,16-21,23-24,37H2,1-3H3,(H-,38,39,45,46)/p+1/t28-,29+,31+,32-,33+/m1/s1. The summed E-state index contributed by atoms with van der Waals surface area (Å²) in [6.07, 6.45) is 3.78. The fourth-order valence-corrected chi connectivity index (χ4v) is 6.82. The van der Waals surface area contributed by atoms with Gasteiger partial charge in [-0.1, -0.05) is 54.6 Å².